The smallest absolute Gasteiger partial charge is 0.411 e. The molecule has 0 fully saturated rings. The Balaban J connectivity index is 1.37. The number of hydrogen-bond donors (Lipinski definition) is 2. The summed E-state index contributed by atoms with van der Waals surface area (Å²) in [6.45, 7) is 0.539. The normalized spacial score (nSPS) is 11.9. The number of ether oxygens (including phenoxy) is 1. The molecule has 3 aromatic carbocycles. The number of anilines is 1. The van der Waals surface area contributed by atoms with Gasteiger partial charge in [0.25, 0.3) is 5.91 Å². The zero-order valence-electron chi connectivity index (χ0n) is 19.2. The summed E-state index contributed by atoms with van der Waals surface area (Å²) in [5, 5.41) is 11.5. The topological polar surface area (TPSA) is 95.9 Å². The van der Waals surface area contributed by atoms with E-state index >= 15 is 0 Å². The molecule has 35 heavy (non-hydrogen) atoms. The minimum Gasteiger partial charge on any atom is -0.481 e. The molecule has 0 saturated heterocycles. The van der Waals surface area contributed by atoms with Crippen LogP contribution in [0.3, 0.4) is 0 Å². The Morgan fingerprint density at radius 1 is 1.00 bits per heavy atom. The summed E-state index contributed by atoms with van der Waals surface area (Å²) < 4.78 is 6.12. The van der Waals surface area contributed by atoms with Crippen LogP contribution in [0.1, 0.15) is 40.2 Å². The monoisotopic (exact) mass is 536 g/mol. The van der Waals surface area contributed by atoms with Crippen LogP contribution in [0.25, 0.3) is 11.1 Å². The Kier molecular flexibility index (Phi) is 7.51. The number of amides is 2. The number of carbonyl (C=O) groups is 3. The molecule has 0 heterocycles. The van der Waals surface area contributed by atoms with Crippen LogP contribution in [0.5, 0.6) is 0 Å². The third-order valence-electron chi connectivity index (χ3n) is 6.03. The fourth-order valence-corrected chi connectivity index (χ4v) is 4.76. The number of rotatable bonds is 8. The molecule has 180 valence electrons. The molecule has 0 bridgehead atoms. The Labute approximate surface area is 211 Å². The van der Waals surface area contributed by atoms with E-state index in [1.54, 1.807) is 25.2 Å². The lowest BCUT2D eigenvalue weighted by Gasteiger charge is -2.18. The number of nitrogens with one attached hydrogen (secondary N) is 1. The highest BCUT2D eigenvalue weighted by molar-refractivity contribution is 9.10. The quantitative estimate of drug-likeness (QED) is 0.382. The number of carboxylic acids is 1. The molecule has 2 N–H and O–H groups in total. The van der Waals surface area contributed by atoms with E-state index in [1.165, 1.54) is 4.90 Å². The van der Waals surface area contributed by atoms with E-state index in [4.69, 9.17) is 9.84 Å². The zero-order chi connectivity index (χ0) is 24.9. The van der Waals surface area contributed by atoms with Gasteiger partial charge in [-0.05, 0) is 62.8 Å². The molecule has 0 aliphatic heterocycles. The molecule has 8 heteroatoms. The second-order valence-electron chi connectivity index (χ2n) is 8.37. The molecule has 1 aliphatic carbocycles. The number of halogens is 1. The fourth-order valence-electron chi connectivity index (χ4n) is 4.28. The van der Waals surface area contributed by atoms with E-state index in [2.05, 4.69) is 45.5 Å². The van der Waals surface area contributed by atoms with Gasteiger partial charge in [-0.3, -0.25) is 14.9 Å². The molecule has 1 aliphatic rings. The van der Waals surface area contributed by atoms with E-state index in [0.29, 0.717) is 28.7 Å². The van der Waals surface area contributed by atoms with Crippen LogP contribution in [0.2, 0.25) is 0 Å². The van der Waals surface area contributed by atoms with Crippen molar-refractivity contribution >= 4 is 39.6 Å². The molecule has 0 radical (unpaired) electrons. The third kappa shape index (κ3) is 5.54. The van der Waals surface area contributed by atoms with Gasteiger partial charge in [0.1, 0.15) is 6.61 Å². The van der Waals surface area contributed by atoms with Crippen LogP contribution in [0.4, 0.5) is 10.5 Å². The lowest BCUT2D eigenvalue weighted by molar-refractivity contribution is -0.137. The van der Waals surface area contributed by atoms with Gasteiger partial charge in [-0.1, -0.05) is 48.5 Å². The third-order valence-corrected chi connectivity index (χ3v) is 6.68. The van der Waals surface area contributed by atoms with Gasteiger partial charge in [0, 0.05) is 36.0 Å². The van der Waals surface area contributed by atoms with Gasteiger partial charge in [-0.25, -0.2) is 4.79 Å². The van der Waals surface area contributed by atoms with Crippen molar-refractivity contribution in [2.24, 2.45) is 0 Å². The molecule has 0 spiro atoms. The molecular weight excluding hydrogens is 512 g/mol. The molecule has 7 nitrogen and oxygen atoms in total. The van der Waals surface area contributed by atoms with Crippen LogP contribution in [0.15, 0.2) is 71.2 Å². The summed E-state index contributed by atoms with van der Waals surface area (Å²) in [5.74, 6) is -1.16. The predicted molar refractivity (Wildman–Crippen MR) is 137 cm³/mol. The molecular formula is C27H25BrN2O5. The van der Waals surface area contributed by atoms with Crippen LogP contribution in [-0.2, 0) is 9.53 Å². The van der Waals surface area contributed by atoms with Crippen molar-refractivity contribution in [2.45, 2.75) is 18.8 Å². The van der Waals surface area contributed by atoms with Gasteiger partial charge in [0.2, 0.25) is 0 Å². The van der Waals surface area contributed by atoms with Crippen molar-refractivity contribution in [3.63, 3.8) is 0 Å². The summed E-state index contributed by atoms with van der Waals surface area (Å²) >= 11 is 3.41. The highest BCUT2D eigenvalue weighted by Crippen LogP contribution is 2.44. The summed E-state index contributed by atoms with van der Waals surface area (Å²) in [5.41, 5.74) is 5.50. The number of hydrogen-bond acceptors (Lipinski definition) is 4. The minimum absolute atomic E-state index is 0.00428. The van der Waals surface area contributed by atoms with Gasteiger partial charge >= 0.3 is 12.1 Å². The Hall–Kier alpha value is -3.65. The highest BCUT2D eigenvalue weighted by Gasteiger charge is 2.29. The van der Waals surface area contributed by atoms with Gasteiger partial charge in [0.05, 0.1) is 5.69 Å². The average molecular weight is 537 g/mol. The molecule has 4 rings (SSSR count). The maximum Gasteiger partial charge on any atom is 0.411 e. The second kappa shape index (κ2) is 10.7. The largest absolute Gasteiger partial charge is 0.481 e. The highest BCUT2D eigenvalue weighted by atomic mass is 79.9. The first-order valence-corrected chi connectivity index (χ1v) is 12.0. The Morgan fingerprint density at radius 2 is 1.63 bits per heavy atom. The van der Waals surface area contributed by atoms with Crippen molar-refractivity contribution in [3.8, 4) is 11.1 Å². The lowest BCUT2D eigenvalue weighted by atomic mass is 9.98. The first-order valence-electron chi connectivity index (χ1n) is 11.2. The van der Waals surface area contributed by atoms with E-state index in [0.717, 1.165) is 22.3 Å². The standard InChI is InChI=1S/C27H25BrN2O5/c1-30(14-6-11-25(31)32)26(33)17-12-13-24(23(28)15-17)29-27(34)35-16-22-20-9-4-2-7-18(20)19-8-3-5-10-21(19)22/h2-5,7-10,12-13,15,22H,6,11,14,16H2,1H3,(H,29,34)(H,31,32). The Bertz CT molecular complexity index is 1230. The lowest BCUT2D eigenvalue weighted by Crippen LogP contribution is -2.28. The molecule has 0 aromatic heterocycles. The first kappa shape index (κ1) is 24.5. The van der Waals surface area contributed by atoms with Crippen molar-refractivity contribution in [2.75, 3.05) is 25.5 Å². The van der Waals surface area contributed by atoms with Crippen molar-refractivity contribution in [3.05, 3.63) is 87.9 Å². The molecule has 0 saturated carbocycles. The SMILES string of the molecule is CN(CCCC(=O)O)C(=O)c1ccc(NC(=O)OCC2c3ccccc3-c3ccccc32)c(Br)c1. The molecule has 0 atom stereocenters. The van der Waals surface area contributed by atoms with Crippen LogP contribution < -0.4 is 5.32 Å². The molecule has 3 aromatic rings. The van der Waals surface area contributed by atoms with Gasteiger partial charge in [0.15, 0.2) is 0 Å². The fraction of sp³-hybridized carbons (Fsp3) is 0.222. The van der Waals surface area contributed by atoms with E-state index in [-0.39, 0.29) is 24.9 Å². The number of benzene rings is 3. The van der Waals surface area contributed by atoms with E-state index in [1.807, 2.05) is 24.3 Å². The average Bonchev–Trinajstić information content (AvgIpc) is 3.17. The van der Waals surface area contributed by atoms with Crippen molar-refractivity contribution in [1.29, 1.82) is 0 Å². The number of nitrogens with zero attached hydrogens (tertiary/aromatic N) is 1. The van der Waals surface area contributed by atoms with Gasteiger partial charge in [-0.2, -0.15) is 0 Å². The van der Waals surface area contributed by atoms with Crippen LogP contribution in [0, 0.1) is 0 Å². The van der Waals surface area contributed by atoms with Crippen molar-refractivity contribution in [1.82, 2.24) is 4.90 Å². The maximum absolute atomic E-state index is 12.6. The van der Waals surface area contributed by atoms with Crippen LogP contribution in [-0.4, -0.2) is 48.2 Å². The van der Waals surface area contributed by atoms with Crippen molar-refractivity contribution < 1.29 is 24.2 Å². The van der Waals surface area contributed by atoms with Gasteiger partial charge in [-0.15, -0.1) is 0 Å². The first-order chi connectivity index (χ1) is 16.8. The maximum atomic E-state index is 12.6. The van der Waals surface area contributed by atoms with E-state index < -0.39 is 12.1 Å². The summed E-state index contributed by atoms with van der Waals surface area (Å²) in [7, 11) is 1.63. The number of fused-ring (bicyclic) bond motifs is 3. The number of carboxylic acid groups (broad SMARTS) is 1. The number of carbonyl (C=O) groups excluding carboxylic acids is 2. The number of aliphatic carboxylic acids is 1. The minimum atomic E-state index is -0.891. The zero-order valence-corrected chi connectivity index (χ0v) is 20.7. The van der Waals surface area contributed by atoms with Gasteiger partial charge < -0.3 is 14.7 Å². The van der Waals surface area contributed by atoms with Crippen LogP contribution >= 0.6 is 15.9 Å². The second-order valence-corrected chi connectivity index (χ2v) is 9.22. The molecule has 2 amide bonds. The Morgan fingerprint density at radius 3 is 2.23 bits per heavy atom. The predicted octanol–water partition coefficient (Wildman–Crippen LogP) is 5.75. The summed E-state index contributed by atoms with van der Waals surface area (Å²) in [6, 6.07) is 21.1. The summed E-state index contributed by atoms with van der Waals surface area (Å²) in [6.07, 6.45) is -0.206. The summed E-state index contributed by atoms with van der Waals surface area (Å²) in [4.78, 5) is 37.3. The molecule has 0 unspecified atom stereocenters. The van der Waals surface area contributed by atoms with E-state index in [9.17, 15) is 14.4 Å².